The monoisotopic (exact) mass is 357 g/mol. The van der Waals surface area contributed by atoms with Gasteiger partial charge in [0.25, 0.3) is 5.91 Å². The van der Waals surface area contributed by atoms with Crippen LogP contribution in [0.1, 0.15) is 15.9 Å². The highest BCUT2D eigenvalue weighted by Crippen LogP contribution is 2.36. The highest BCUT2D eigenvalue weighted by Gasteiger charge is 2.12. The largest absolute Gasteiger partial charge is 0.493 e. The van der Waals surface area contributed by atoms with E-state index < -0.39 is 5.91 Å². The summed E-state index contributed by atoms with van der Waals surface area (Å²) in [5, 5.41) is 18.3. The van der Waals surface area contributed by atoms with E-state index in [0.29, 0.717) is 10.9 Å². The number of nitrogens with one attached hydrogen (secondary N) is 1. The molecule has 0 saturated heterocycles. The van der Waals surface area contributed by atoms with Crippen LogP contribution in [0, 0.1) is 6.92 Å². The summed E-state index contributed by atoms with van der Waals surface area (Å²) in [6.07, 6.45) is 0. The molecule has 0 radical (unpaired) electrons. The number of fused-ring (bicyclic) bond motifs is 1. The molecule has 3 aromatic rings. The lowest BCUT2D eigenvalue weighted by Crippen LogP contribution is -1.96. The Kier molecular flexibility index (Phi) is 3.77. The van der Waals surface area contributed by atoms with Crippen LogP contribution in [0.25, 0.3) is 10.9 Å². The molecule has 0 atom stereocenters. The summed E-state index contributed by atoms with van der Waals surface area (Å²) in [5.74, 6) is -0.559. The summed E-state index contributed by atoms with van der Waals surface area (Å²) in [4.78, 5) is 14.9. The second-order valence-corrected chi connectivity index (χ2v) is 5.75. The van der Waals surface area contributed by atoms with Crippen molar-refractivity contribution in [1.29, 1.82) is 0 Å². The molecule has 0 fully saturated rings. The van der Waals surface area contributed by atoms with Crippen molar-refractivity contribution in [2.24, 2.45) is 10.2 Å². The van der Waals surface area contributed by atoms with Crippen molar-refractivity contribution >= 4 is 38.4 Å². The van der Waals surface area contributed by atoms with E-state index in [-0.39, 0.29) is 11.6 Å². The summed E-state index contributed by atoms with van der Waals surface area (Å²) in [5.41, 5.74) is 2.29. The van der Waals surface area contributed by atoms with Crippen LogP contribution in [-0.4, -0.2) is 16.0 Å². The fourth-order valence-corrected chi connectivity index (χ4v) is 2.56. The molecule has 0 aliphatic carbocycles. The van der Waals surface area contributed by atoms with Crippen molar-refractivity contribution in [1.82, 2.24) is 4.98 Å². The van der Waals surface area contributed by atoms with Gasteiger partial charge in [-0.05, 0) is 36.8 Å². The summed E-state index contributed by atoms with van der Waals surface area (Å²) in [6.45, 7) is 1.84. The fourth-order valence-electron chi connectivity index (χ4n) is 2.20. The van der Waals surface area contributed by atoms with Crippen LogP contribution >= 0.6 is 15.9 Å². The molecule has 1 aromatic heterocycles. The Morgan fingerprint density at radius 1 is 1.23 bits per heavy atom. The quantitative estimate of drug-likeness (QED) is 0.641. The Hall–Kier alpha value is -2.47. The zero-order valence-electron chi connectivity index (χ0n) is 11.7. The summed E-state index contributed by atoms with van der Waals surface area (Å²) in [6, 6.07) is 12.6. The van der Waals surface area contributed by atoms with E-state index in [1.54, 1.807) is 24.3 Å². The number of azo groups is 1. The second-order valence-electron chi connectivity index (χ2n) is 4.83. The van der Waals surface area contributed by atoms with Gasteiger partial charge in [0.05, 0.1) is 5.52 Å². The van der Waals surface area contributed by atoms with E-state index in [2.05, 4.69) is 31.1 Å². The smallest absolute Gasteiger partial charge is 0.295 e. The van der Waals surface area contributed by atoms with Gasteiger partial charge in [0.15, 0.2) is 5.69 Å². The van der Waals surface area contributed by atoms with Crippen molar-refractivity contribution in [2.75, 3.05) is 0 Å². The van der Waals surface area contributed by atoms with Gasteiger partial charge in [-0.1, -0.05) is 34.1 Å². The second kappa shape index (κ2) is 5.73. The summed E-state index contributed by atoms with van der Waals surface area (Å²) in [7, 11) is 0. The van der Waals surface area contributed by atoms with Gasteiger partial charge in [0.2, 0.25) is 5.88 Å². The highest BCUT2D eigenvalue weighted by molar-refractivity contribution is 9.10. The van der Waals surface area contributed by atoms with E-state index in [9.17, 15) is 9.90 Å². The van der Waals surface area contributed by atoms with E-state index in [1.165, 1.54) is 0 Å². The minimum Gasteiger partial charge on any atom is -0.493 e. The number of hydrogen-bond donors (Lipinski definition) is 2. The molecule has 6 heteroatoms. The van der Waals surface area contributed by atoms with E-state index in [4.69, 9.17) is 0 Å². The number of carbonyl (C=O) groups is 1. The molecule has 0 unspecified atom stereocenters. The maximum atomic E-state index is 12.1. The van der Waals surface area contributed by atoms with E-state index in [1.807, 2.05) is 25.1 Å². The fraction of sp³-hybridized carbons (Fsp3) is 0.0625. The number of aromatic nitrogens is 1. The highest BCUT2D eigenvalue weighted by atomic mass is 79.9. The number of amides is 1. The number of aromatic hydroxyl groups is 1. The average Bonchev–Trinajstić information content (AvgIpc) is 2.80. The minimum absolute atomic E-state index is 0.116. The Labute approximate surface area is 134 Å². The molecule has 110 valence electrons. The lowest BCUT2D eigenvalue weighted by molar-refractivity contribution is 0.0994. The summed E-state index contributed by atoms with van der Waals surface area (Å²) >= 11 is 3.37. The van der Waals surface area contributed by atoms with Crippen LogP contribution in [0.15, 0.2) is 57.2 Å². The van der Waals surface area contributed by atoms with Crippen molar-refractivity contribution < 1.29 is 9.90 Å². The standard InChI is InChI=1S/C16H12BrN3O2/c1-9-4-2-3-5-11(9)15(21)20-19-14-12-8-10(17)6-7-13(12)18-16(14)22/h2-8,18,22H,1H3. The zero-order valence-corrected chi connectivity index (χ0v) is 13.3. The molecule has 0 bridgehead atoms. The molecule has 1 amide bonds. The lowest BCUT2D eigenvalue weighted by atomic mass is 10.1. The third-order valence-electron chi connectivity index (χ3n) is 3.33. The molecule has 0 aliphatic rings. The Morgan fingerprint density at radius 2 is 2.00 bits per heavy atom. The van der Waals surface area contributed by atoms with Crippen molar-refractivity contribution in [3.05, 3.63) is 58.1 Å². The van der Waals surface area contributed by atoms with Crippen molar-refractivity contribution in [3.63, 3.8) is 0 Å². The number of H-pyrrole nitrogens is 1. The first kappa shape index (κ1) is 14.5. The van der Waals surface area contributed by atoms with Gasteiger partial charge in [0.1, 0.15) is 0 Å². The predicted molar refractivity (Wildman–Crippen MR) is 87.7 cm³/mol. The van der Waals surface area contributed by atoms with Crippen molar-refractivity contribution in [2.45, 2.75) is 6.92 Å². The topological polar surface area (TPSA) is 77.8 Å². The van der Waals surface area contributed by atoms with Crippen LogP contribution < -0.4 is 0 Å². The van der Waals surface area contributed by atoms with Crippen LogP contribution in [0.5, 0.6) is 5.88 Å². The Bertz CT molecular complexity index is 900. The summed E-state index contributed by atoms with van der Waals surface area (Å²) < 4.78 is 0.848. The first-order chi connectivity index (χ1) is 10.6. The lowest BCUT2D eigenvalue weighted by Gasteiger charge is -1.98. The van der Waals surface area contributed by atoms with Gasteiger partial charge in [-0.3, -0.25) is 4.79 Å². The first-order valence-corrected chi connectivity index (χ1v) is 7.37. The minimum atomic E-state index is -0.443. The molecule has 5 nitrogen and oxygen atoms in total. The normalized spacial score (nSPS) is 11.4. The first-order valence-electron chi connectivity index (χ1n) is 6.58. The van der Waals surface area contributed by atoms with Crippen LogP contribution in [0.2, 0.25) is 0 Å². The number of hydrogen-bond acceptors (Lipinski definition) is 3. The van der Waals surface area contributed by atoms with Crippen LogP contribution in [0.3, 0.4) is 0 Å². The van der Waals surface area contributed by atoms with Gasteiger partial charge in [0, 0.05) is 15.4 Å². The molecule has 1 heterocycles. The number of rotatable bonds is 2. The number of nitrogens with zero attached hydrogens (tertiary/aromatic N) is 2. The SMILES string of the molecule is Cc1ccccc1C(=O)N=Nc1c(O)[nH]c2ccc(Br)cc12. The Morgan fingerprint density at radius 3 is 2.77 bits per heavy atom. The van der Waals surface area contributed by atoms with Gasteiger partial charge in [-0.25, -0.2) is 0 Å². The Balaban J connectivity index is 1.99. The maximum absolute atomic E-state index is 12.1. The molecule has 2 N–H and O–H groups in total. The molecule has 3 rings (SSSR count). The van der Waals surface area contributed by atoms with Crippen LogP contribution in [-0.2, 0) is 0 Å². The number of benzene rings is 2. The number of carbonyl (C=O) groups excluding carboxylic acids is 1. The molecule has 2 aromatic carbocycles. The number of aryl methyl sites for hydroxylation is 1. The predicted octanol–water partition coefficient (Wildman–Crippen LogP) is 4.87. The van der Waals surface area contributed by atoms with Gasteiger partial charge in [-0.15, -0.1) is 10.2 Å². The molecule has 0 spiro atoms. The molecular formula is C16H12BrN3O2. The molecule has 0 saturated carbocycles. The molecular weight excluding hydrogens is 346 g/mol. The zero-order chi connectivity index (χ0) is 15.7. The van der Waals surface area contributed by atoms with Gasteiger partial charge in [-0.2, -0.15) is 0 Å². The maximum Gasteiger partial charge on any atom is 0.295 e. The van der Waals surface area contributed by atoms with Gasteiger partial charge >= 0.3 is 0 Å². The third-order valence-corrected chi connectivity index (χ3v) is 3.82. The molecule has 0 aliphatic heterocycles. The van der Waals surface area contributed by atoms with Crippen LogP contribution in [0.4, 0.5) is 5.69 Å². The van der Waals surface area contributed by atoms with Gasteiger partial charge < -0.3 is 10.1 Å². The third kappa shape index (κ3) is 2.65. The van der Waals surface area contributed by atoms with E-state index >= 15 is 0 Å². The van der Waals surface area contributed by atoms with E-state index in [0.717, 1.165) is 15.6 Å². The molecule has 22 heavy (non-hydrogen) atoms. The average molecular weight is 358 g/mol. The number of halogens is 1. The van der Waals surface area contributed by atoms with Crippen molar-refractivity contribution in [3.8, 4) is 5.88 Å². The number of aromatic amines is 1.